The minimum absolute atomic E-state index is 0.0687. The third-order valence-corrected chi connectivity index (χ3v) is 9.60. The van der Waals surface area contributed by atoms with Crippen LogP contribution in [0.3, 0.4) is 0 Å². The van der Waals surface area contributed by atoms with Crippen LogP contribution in [0, 0.1) is 5.92 Å². The summed E-state index contributed by atoms with van der Waals surface area (Å²) in [6, 6.07) is 14.1. The number of aromatic nitrogens is 1. The molecule has 0 saturated carbocycles. The summed E-state index contributed by atoms with van der Waals surface area (Å²) in [6.45, 7) is 6.49. The van der Waals surface area contributed by atoms with E-state index < -0.39 is 12.1 Å². The van der Waals surface area contributed by atoms with Gasteiger partial charge in [0.25, 0.3) is 0 Å². The SMILES string of the molecule is CC[C@H](C)[C@@H](Nc1ccc2c(cc1=O)[C@H](NC(C)=O)CCc1cc(OC)c(OC)c(OC)c1-2)C(=O)NCCn1ccc2ccc(Br)cc21. The molecule has 0 fully saturated rings. The number of amides is 2. The predicted molar refractivity (Wildman–Crippen MR) is 192 cm³/mol. The summed E-state index contributed by atoms with van der Waals surface area (Å²) in [6.07, 6.45) is 3.89. The normalized spacial score (nSPS) is 14.9. The topological polar surface area (TPSA) is 120 Å². The van der Waals surface area contributed by atoms with Gasteiger partial charge in [0.1, 0.15) is 6.04 Å². The number of benzene rings is 2. The number of aryl methyl sites for hydroxylation is 1. The monoisotopic (exact) mass is 718 g/mol. The van der Waals surface area contributed by atoms with Gasteiger partial charge in [0.05, 0.1) is 33.1 Å². The molecule has 3 aromatic carbocycles. The van der Waals surface area contributed by atoms with Crippen LogP contribution in [0.15, 0.2) is 64.0 Å². The van der Waals surface area contributed by atoms with Crippen LogP contribution in [0.4, 0.5) is 5.69 Å². The standard InChI is InChI=1S/C37H43BrN4O6/c1-7-21(2)34(37(45)39-15-17-42-16-14-23-8-10-25(38)19-30(23)42)41-29-13-11-26-27(20-31(29)44)28(40-22(3)43)12-9-24-18-32(46-4)35(47-5)36(48-6)33(24)26/h8,10-11,13-14,16,18-21,28,34H,7,9,12,15,17H2,1-6H3,(H,39,45)(H,40,43)(H,41,44)/t21-,28+,34+/m0/s1. The van der Waals surface area contributed by atoms with E-state index in [0.29, 0.717) is 48.7 Å². The highest BCUT2D eigenvalue weighted by Crippen LogP contribution is 2.50. The van der Waals surface area contributed by atoms with Crippen LogP contribution in [0.2, 0.25) is 0 Å². The van der Waals surface area contributed by atoms with Crippen molar-refractivity contribution in [3.63, 3.8) is 0 Å². The molecule has 1 heterocycles. The number of anilines is 1. The van der Waals surface area contributed by atoms with Crippen molar-refractivity contribution < 1.29 is 23.8 Å². The quantitative estimate of drug-likeness (QED) is 0.159. The molecule has 5 rings (SSSR count). The number of carbonyl (C=O) groups is 2. The maximum Gasteiger partial charge on any atom is 0.242 e. The van der Waals surface area contributed by atoms with Crippen LogP contribution in [0.25, 0.3) is 22.0 Å². The van der Waals surface area contributed by atoms with Crippen LogP contribution in [0.1, 0.15) is 50.8 Å². The van der Waals surface area contributed by atoms with E-state index in [4.69, 9.17) is 14.2 Å². The molecule has 1 aromatic heterocycles. The number of halogens is 1. The van der Waals surface area contributed by atoms with Crippen LogP contribution >= 0.6 is 15.9 Å². The third kappa shape index (κ3) is 7.16. The molecule has 2 amide bonds. The molecular weight excluding hydrogens is 676 g/mol. The van der Waals surface area contributed by atoms with E-state index in [2.05, 4.69) is 54.6 Å². The minimum Gasteiger partial charge on any atom is -0.493 e. The Bertz CT molecular complexity index is 1890. The van der Waals surface area contributed by atoms with Crippen molar-refractivity contribution >= 4 is 44.3 Å². The summed E-state index contributed by atoms with van der Waals surface area (Å²) in [4.78, 5) is 39.9. The number of carbonyl (C=O) groups excluding carboxylic acids is 2. The van der Waals surface area contributed by atoms with Gasteiger partial charge >= 0.3 is 0 Å². The van der Waals surface area contributed by atoms with Gasteiger partial charge in [-0.1, -0.05) is 48.3 Å². The molecule has 11 heteroatoms. The molecule has 4 aromatic rings. The molecular formula is C37H43BrN4O6. The Morgan fingerprint density at radius 2 is 1.79 bits per heavy atom. The van der Waals surface area contributed by atoms with Crippen LogP contribution in [-0.2, 0) is 22.6 Å². The first kappa shape index (κ1) is 34.8. The number of nitrogens with zero attached hydrogens (tertiary/aromatic N) is 1. The summed E-state index contributed by atoms with van der Waals surface area (Å²) in [5.74, 6) is 0.981. The molecule has 254 valence electrons. The molecule has 1 aliphatic rings. The highest BCUT2D eigenvalue weighted by Gasteiger charge is 2.30. The van der Waals surface area contributed by atoms with E-state index in [-0.39, 0.29) is 28.8 Å². The van der Waals surface area contributed by atoms with E-state index in [1.165, 1.54) is 6.92 Å². The molecule has 0 bridgehead atoms. The summed E-state index contributed by atoms with van der Waals surface area (Å²) in [5.41, 5.74) is 4.15. The number of nitrogens with one attached hydrogen (secondary N) is 3. The van der Waals surface area contributed by atoms with Gasteiger partial charge in [0.2, 0.25) is 23.0 Å². The molecule has 0 aliphatic heterocycles. The molecule has 0 radical (unpaired) electrons. The van der Waals surface area contributed by atoms with E-state index in [1.807, 2.05) is 38.2 Å². The first-order chi connectivity index (χ1) is 23.1. The molecule has 3 N–H and O–H groups in total. The van der Waals surface area contributed by atoms with Crippen molar-refractivity contribution in [2.45, 2.75) is 58.7 Å². The average Bonchev–Trinajstić information content (AvgIpc) is 3.32. The fourth-order valence-electron chi connectivity index (χ4n) is 6.46. The Morgan fingerprint density at radius 3 is 2.48 bits per heavy atom. The minimum atomic E-state index is -0.655. The molecule has 0 spiro atoms. The number of hydrogen-bond donors (Lipinski definition) is 3. The molecule has 10 nitrogen and oxygen atoms in total. The van der Waals surface area contributed by atoms with E-state index in [9.17, 15) is 14.4 Å². The number of fused-ring (bicyclic) bond motifs is 4. The zero-order valence-corrected chi connectivity index (χ0v) is 29.8. The summed E-state index contributed by atoms with van der Waals surface area (Å²) in [5, 5.41) is 10.5. The van der Waals surface area contributed by atoms with Crippen LogP contribution in [-0.4, -0.2) is 50.3 Å². The third-order valence-electron chi connectivity index (χ3n) is 9.11. The Morgan fingerprint density at radius 1 is 1.02 bits per heavy atom. The van der Waals surface area contributed by atoms with Gasteiger partial charge < -0.3 is 34.7 Å². The Kier molecular flexibility index (Phi) is 11.0. The van der Waals surface area contributed by atoms with E-state index in [1.54, 1.807) is 33.5 Å². The lowest BCUT2D eigenvalue weighted by Gasteiger charge is -2.24. The first-order valence-corrected chi connectivity index (χ1v) is 17.0. The van der Waals surface area contributed by atoms with Crippen LogP contribution in [0.5, 0.6) is 17.2 Å². The van der Waals surface area contributed by atoms with Crippen molar-refractivity contribution in [3.05, 3.63) is 80.6 Å². The summed E-state index contributed by atoms with van der Waals surface area (Å²) in [7, 11) is 4.68. The Hall–Kier alpha value is -4.51. The first-order valence-electron chi connectivity index (χ1n) is 16.2. The summed E-state index contributed by atoms with van der Waals surface area (Å²) < 4.78 is 20.3. The molecule has 1 aliphatic carbocycles. The van der Waals surface area contributed by atoms with Crippen molar-refractivity contribution in [2.75, 3.05) is 33.2 Å². The lowest BCUT2D eigenvalue weighted by atomic mass is 9.95. The largest absolute Gasteiger partial charge is 0.493 e. The fraction of sp³-hybridized carbons (Fsp3) is 0.378. The van der Waals surface area contributed by atoms with Crippen LogP contribution < -0.4 is 35.6 Å². The second-order valence-corrected chi connectivity index (χ2v) is 13.0. The lowest BCUT2D eigenvalue weighted by molar-refractivity contribution is -0.123. The number of methoxy groups -OCH3 is 3. The van der Waals surface area contributed by atoms with Gasteiger partial charge in [0.15, 0.2) is 11.5 Å². The van der Waals surface area contributed by atoms with Crippen molar-refractivity contribution in [1.82, 2.24) is 15.2 Å². The van der Waals surface area contributed by atoms with Gasteiger partial charge in [-0.05, 0) is 77.2 Å². The predicted octanol–water partition coefficient (Wildman–Crippen LogP) is 6.22. The second-order valence-electron chi connectivity index (χ2n) is 12.1. The maximum atomic E-state index is 13.9. The molecule has 48 heavy (non-hydrogen) atoms. The Labute approximate surface area is 289 Å². The highest BCUT2D eigenvalue weighted by atomic mass is 79.9. The maximum absolute atomic E-state index is 13.9. The zero-order valence-electron chi connectivity index (χ0n) is 28.2. The van der Waals surface area contributed by atoms with Gasteiger partial charge in [-0.3, -0.25) is 14.4 Å². The highest BCUT2D eigenvalue weighted by molar-refractivity contribution is 9.10. The zero-order chi connectivity index (χ0) is 34.5. The fourth-order valence-corrected chi connectivity index (χ4v) is 6.81. The molecule has 0 unspecified atom stereocenters. The van der Waals surface area contributed by atoms with E-state index in [0.717, 1.165) is 38.5 Å². The summed E-state index contributed by atoms with van der Waals surface area (Å²) >= 11 is 3.54. The van der Waals surface area contributed by atoms with Crippen molar-refractivity contribution in [3.8, 4) is 28.4 Å². The second kappa shape index (κ2) is 15.1. The van der Waals surface area contributed by atoms with Gasteiger partial charge in [-0.25, -0.2) is 0 Å². The van der Waals surface area contributed by atoms with Gasteiger partial charge in [-0.2, -0.15) is 0 Å². The smallest absolute Gasteiger partial charge is 0.242 e. The van der Waals surface area contributed by atoms with Crippen molar-refractivity contribution in [2.24, 2.45) is 5.92 Å². The average molecular weight is 720 g/mol. The number of hydrogen-bond acceptors (Lipinski definition) is 7. The molecule has 0 saturated heterocycles. The number of rotatable bonds is 12. The van der Waals surface area contributed by atoms with Crippen molar-refractivity contribution in [1.29, 1.82) is 0 Å². The molecule has 3 atom stereocenters. The lowest BCUT2D eigenvalue weighted by Crippen LogP contribution is -2.45. The van der Waals surface area contributed by atoms with E-state index >= 15 is 0 Å². The van der Waals surface area contributed by atoms with Gasteiger partial charge in [-0.15, -0.1) is 0 Å². The number of ether oxygens (including phenoxy) is 3. The van der Waals surface area contributed by atoms with Gasteiger partial charge in [0, 0.05) is 41.8 Å². The Balaban J connectivity index is 1.50.